The molecule has 100 valence electrons. The topological polar surface area (TPSA) is 65.2 Å². The molecule has 1 aromatic heterocycles. The zero-order valence-corrected chi connectivity index (χ0v) is 11.3. The molecule has 0 aliphatic heterocycles. The van der Waals surface area contributed by atoms with E-state index >= 15 is 0 Å². The Labute approximate surface area is 111 Å². The van der Waals surface area contributed by atoms with Gasteiger partial charge in [-0.25, -0.2) is 0 Å². The third-order valence-corrected chi connectivity index (χ3v) is 2.74. The Kier molecular flexibility index (Phi) is 3.94. The van der Waals surface area contributed by atoms with Crippen LogP contribution < -0.4 is 4.74 Å². The van der Waals surface area contributed by atoms with Gasteiger partial charge in [-0.3, -0.25) is 4.79 Å². The maximum atomic E-state index is 11.2. The standard InChI is InChI=1S/C14H16N2O3/c1-4-13-15-16-14(19-13)8-18-12-6-5-11(10(3)17)7-9(12)2/h5-7H,4,8H2,1-3H3. The van der Waals surface area contributed by atoms with E-state index in [9.17, 15) is 4.79 Å². The Hall–Kier alpha value is -2.17. The molecule has 0 radical (unpaired) electrons. The van der Waals surface area contributed by atoms with E-state index in [0.29, 0.717) is 29.5 Å². The third-order valence-electron chi connectivity index (χ3n) is 2.74. The highest BCUT2D eigenvalue weighted by atomic mass is 16.5. The molecule has 0 fully saturated rings. The number of nitrogens with zero attached hydrogens (tertiary/aromatic N) is 2. The maximum absolute atomic E-state index is 11.2. The van der Waals surface area contributed by atoms with Crippen LogP contribution in [0.15, 0.2) is 22.6 Å². The molecule has 0 saturated carbocycles. The number of aromatic nitrogens is 2. The van der Waals surface area contributed by atoms with Crippen molar-refractivity contribution in [1.29, 1.82) is 0 Å². The molecule has 0 unspecified atom stereocenters. The monoisotopic (exact) mass is 260 g/mol. The Balaban J connectivity index is 2.05. The van der Waals surface area contributed by atoms with Gasteiger partial charge in [0.2, 0.25) is 5.89 Å². The molecule has 0 aliphatic rings. The van der Waals surface area contributed by atoms with Crippen molar-refractivity contribution in [1.82, 2.24) is 10.2 Å². The van der Waals surface area contributed by atoms with Gasteiger partial charge in [0, 0.05) is 12.0 Å². The van der Waals surface area contributed by atoms with E-state index < -0.39 is 0 Å². The third kappa shape index (κ3) is 3.19. The number of carbonyl (C=O) groups is 1. The summed E-state index contributed by atoms with van der Waals surface area (Å²) in [4.78, 5) is 11.2. The molecule has 0 amide bonds. The summed E-state index contributed by atoms with van der Waals surface area (Å²) >= 11 is 0. The van der Waals surface area contributed by atoms with Crippen molar-refractivity contribution >= 4 is 5.78 Å². The number of carbonyl (C=O) groups excluding carboxylic acids is 1. The SMILES string of the molecule is CCc1nnc(COc2ccc(C(C)=O)cc2C)o1. The van der Waals surface area contributed by atoms with Gasteiger partial charge in [-0.05, 0) is 37.6 Å². The van der Waals surface area contributed by atoms with E-state index in [-0.39, 0.29) is 12.4 Å². The maximum Gasteiger partial charge on any atom is 0.253 e. The highest BCUT2D eigenvalue weighted by Gasteiger charge is 2.08. The number of hydrogen-bond donors (Lipinski definition) is 0. The number of ketones is 1. The Morgan fingerprint density at radius 1 is 1.32 bits per heavy atom. The second kappa shape index (κ2) is 5.65. The largest absolute Gasteiger partial charge is 0.484 e. The first-order valence-electron chi connectivity index (χ1n) is 6.15. The van der Waals surface area contributed by atoms with E-state index in [0.717, 1.165) is 5.56 Å². The molecule has 2 aromatic rings. The summed E-state index contributed by atoms with van der Waals surface area (Å²) in [5.41, 5.74) is 1.58. The quantitative estimate of drug-likeness (QED) is 0.773. The van der Waals surface area contributed by atoms with Crippen molar-refractivity contribution in [2.24, 2.45) is 0 Å². The first-order chi connectivity index (χ1) is 9.10. The van der Waals surface area contributed by atoms with Crippen molar-refractivity contribution in [3.63, 3.8) is 0 Å². The highest BCUT2D eigenvalue weighted by Crippen LogP contribution is 2.20. The van der Waals surface area contributed by atoms with Crippen LogP contribution in [0, 0.1) is 6.92 Å². The van der Waals surface area contributed by atoms with Gasteiger partial charge in [0.25, 0.3) is 5.89 Å². The fourth-order valence-corrected chi connectivity index (χ4v) is 1.66. The van der Waals surface area contributed by atoms with E-state index in [1.165, 1.54) is 0 Å². The van der Waals surface area contributed by atoms with Gasteiger partial charge in [0.05, 0.1) is 0 Å². The Bertz CT molecular complexity index is 590. The predicted octanol–water partition coefficient (Wildman–Crippen LogP) is 2.72. The molecule has 0 bridgehead atoms. The van der Waals surface area contributed by atoms with Gasteiger partial charge in [0.1, 0.15) is 5.75 Å². The van der Waals surface area contributed by atoms with Crippen LogP contribution in [0.3, 0.4) is 0 Å². The van der Waals surface area contributed by atoms with Gasteiger partial charge in [0.15, 0.2) is 12.4 Å². The van der Waals surface area contributed by atoms with Crippen LogP contribution in [0.1, 0.15) is 41.6 Å². The number of ether oxygens (including phenoxy) is 1. The molecule has 0 atom stereocenters. The first kappa shape index (κ1) is 13.3. The van der Waals surface area contributed by atoms with E-state index in [2.05, 4.69) is 10.2 Å². The second-order valence-corrected chi connectivity index (χ2v) is 4.27. The molecular formula is C14H16N2O3. The molecule has 0 N–H and O–H groups in total. The zero-order valence-electron chi connectivity index (χ0n) is 11.3. The summed E-state index contributed by atoms with van der Waals surface area (Å²) in [6.07, 6.45) is 0.708. The van der Waals surface area contributed by atoms with Crippen LogP contribution in [-0.2, 0) is 13.0 Å². The minimum Gasteiger partial charge on any atom is -0.484 e. The zero-order chi connectivity index (χ0) is 13.8. The smallest absolute Gasteiger partial charge is 0.253 e. The van der Waals surface area contributed by atoms with E-state index in [1.807, 2.05) is 19.9 Å². The van der Waals surface area contributed by atoms with Crippen LogP contribution in [-0.4, -0.2) is 16.0 Å². The van der Waals surface area contributed by atoms with E-state index in [1.54, 1.807) is 19.1 Å². The number of benzene rings is 1. The molecule has 2 rings (SSSR count). The van der Waals surface area contributed by atoms with Gasteiger partial charge < -0.3 is 9.15 Å². The van der Waals surface area contributed by atoms with Crippen LogP contribution in [0.5, 0.6) is 5.75 Å². The molecule has 0 saturated heterocycles. The molecule has 0 spiro atoms. The van der Waals surface area contributed by atoms with Crippen LogP contribution in [0.2, 0.25) is 0 Å². The summed E-state index contributed by atoms with van der Waals surface area (Å²) in [6.45, 7) is 5.61. The Morgan fingerprint density at radius 2 is 2.05 bits per heavy atom. The average Bonchev–Trinajstić information content (AvgIpc) is 2.85. The average molecular weight is 260 g/mol. The van der Waals surface area contributed by atoms with Crippen molar-refractivity contribution < 1.29 is 13.9 Å². The van der Waals surface area contributed by atoms with Gasteiger partial charge in [-0.1, -0.05) is 6.92 Å². The number of rotatable bonds is 5. The van der Waals surface area contributed by atoms with Crippen molar-refractivity contribution in [2.45, 2.75) is 33.8 Å². The summed E-state index contributed by atoms with van der Waals surface area (Å²) in [5.74, 6) is 1.80. The number of aryl methyl sites for hydroxylation is 2. The van der Waals surface area contributed by atoms with Crippen molar-refractivity contribution in [2.75, 3.05) is 0 Å². The van der Waals surface area contributed by atoms with Crippen molar-refractivity contribution in [3.8, 4) is 5.75 Å². The van der Waals surface area contributed by atoms with Crippen LogP contribution in [0.25, 0.3) is 0 Å². The number of hydrogen-bond acceptors (Lipinski definition) is 5. The fraction of sp³-hybridized carbons (Fsp3) is 0.357. The molecule has 5 nitrogen and oxygen atoms in total. The van der Waals surface area contributed by atoms with Crippen LogP contribution in [0.4, 0.5) is 0 Å². The minimum atomic E-state index is 0.0409. The van der Waals surface area contributed by atoms with Gasteiger partial charge in [-0.15, -0.1) is 10.2 Å². The lowest BCUT2D eigenvalue weighted by Crippen LogP contribution is -1.99. The van der Waals surface area contributed by atoms with Gasteiger partial charge >= 0.3 is 0 Å². The molecule has 1 aromatic carbocycles. The number of Topliss-reactive ketones (excluding diaryl/α,β-unsaturated/α-hetero) is 1. The molecule has 1 heterocycles. The lowest BCUT2D eigenvalue weighted by Gasteiger charge is -2.07. The lowest BCUT2D eigenvalue weighted by atomic mass is 10.1. The normalized spacial score (nSPS) is 10.5. The summed E-state index contributed by atoms with van der Waals surface area (Å²) in [7, 11) is 0. The summed E-state index contributed by atoms with van der Waals surface area (Å²) < 4.78 is 11.0. The molecule has 0 aliphatic carbocycles. The minimum absolute atomic E-state index is 0.0409. The summed E-state index contributed by atoms with van der Waals surface area (Å²) in [5, 5.41) is 7.75. The fourth-order valence-electron chi connectivity index (χ4n) is 1.66. The highest BCUT2D eigenvalue weighted by molar-refractivity contribution is 5.94. The van der Waals surface area contributed by atoms with Crippen LogP contribution >= 0.6 is 0 Å². The Morgan fingerprint density at radius 3 is 2.63 bits per heavy atom. The molecule has 5 heteroatoms. The van der Waals surface area contributed by atoms with E-state index in [4.69, 9.17) is 9.15 Å². The molecular weight excluding hydrogens is 244 g/mol. The first-order valence-corrected chi connectivity index (χ1v) is 6.15. The predicted molar refractivity (Wildman–Crippen MR) is 69.2 cm³/mol. The molecule has 19 heavy (non-hydrogen) atoms. The van der Waals surface area contributed by atoms with Crippen molar-refractivity contribution in [3.05, 3.63) is 41.1 Å². The summed E-state index contributed by atoms with van der Waals surface area (Å²) in [6, 6.07) is 5.34. The van der Waals surface area contributed by atoms with Gasteiger partial charge in [-0.2, -0.15) is 0 Å². The lowest BCUT2D eigenvalue weighted by molar-refractivity contribution is 0.101. The second-order valence-electron chi connectivity index (χ2n) is 4.27.